The van der Waals surface area contributed by atoms with Crippen LogP contribution >= 0.6 is 0 Å². The molecule has 0 atom stereocenters. The second-order valence-corrected chi connectivity index (χ2v) is 3.27. The first-order valence-electron chi connectivity index (χ1n) is 4.50. The normalized spacial score (nSPS) is 10.3. The predicted molar refractivity (Wildman–Crippen MR) is 50.1 cm³/mol. The van der Waals surface area contributed by atoms with Gasteiger partial charge in [-0.2, -0.15) is 0 Å². The first-order chi connectivity index (χ1) is 6.54. The zero-order chi connectivity index (χ0) is 10.7. The van der Waals surface area contributed by atoms with Gasteiger partial charge in [0.1, 0.15) is 17.4 Å². The van der Waals surface area contributed by atoms with Gasteiger partial charge < -0.3 is 0 Å². The fourth-order valence-electron chi connectivity index (χ4n) is 1.32. The summed E-state index contributed by atoms with van der Waals surface area (Å²) in [5.41, 5.74) is 0.721. The van der Waals surface area contributed by atoms with Crippen molar-refractivity contribution in [2.45, 2.75) is 26.7 Å². The summed E-state index contributed by atoms with van der Waals surface area (Å²) in [6.07, 6.45) is 0.524. The van der Waals surface area contributed by atoms with Crippen LogP contribution in [-0.4, -0.2) is 5.78 Å². The average Bonchev–Trinajstić information content (AvgIpc) is 2.09. The fraction of sp³-hybridized carbons (Fsp3) is 0.364. The van der Waals surface area contributed by atoms with Crippen LogP contribution < -0.4 is 0 Å². The molecule has 0 bridgehead atoms. The third kappa shape index (κ3) is 2.37. The van der Waals surface area contributed by atoms with Crippen LogP contribution in [0, 0.1) is 11.6 Å². The highest BCUT2D eigenvalue weighted by atomic mass is 19.1. The molecule has 1 rings (SSSR count). The fourth-order valence-corrected chi connectivity index (χ4v) is 1.32. The van der Waals surface area contributed by atoms with E-state index in [4.69, 9.17) is 0 Å². The number of ketones is 1. The van der Waals surface area contributed by atoms with Crippen molar-refractivity contribution in [1.29, 1.82) is 0 Å². The van der Waals surface area contributed by atoms with E-state index in [1.807, 2.05) is 0 Å². The lowest BCUT2D eigenvalue weighted by atomic mass is 10.0. The molecule has 0 radical (unpaired) electrons. The molecule has 76 valence electrons. The molecule has 1 nitrogen and oxygen atoms in total. The summed E-state index contributed by atoms with van der Waals surface area (Å²) >= 11 is 0. The second kappa shape index (κ2) is 4.31. The van der Waals surface area contributed by atoms with Crippen molar-refractivity contribution in [3.8, 4) is 0 Å². The molecule has 0 N–H and O–H groups in total. The van der Waals surface area contributed by atoms with Crippen LogP contribution in [0.4, 0.5) is 8.78 Å². The monoisotopic (exact) mass is 198 g/mol. The molecule has 0 aliphatic rings. The highest BCUT2D eigenvalue weighted by Gasteiger charge is 2.09. The number of Topliss-reactive ketones (excluding diaryl/α,β-unsaturated/α-hetero) is 1. The van der Waals surface area contributed by atoms with Crippen molar-refractivity contribution in [3.05, 3.63) is 34.9 Å². The van der Waals surface area contributed by atoms with Crippen molar-refractivity contribution >= 4 is 5.78 Å². The summed E-state index contributed by atoms with van der Waals surface area (Å²) in [7, 11) is 0. The third-order valence-corrected chi connectivity index (χ3v) is 2.04. The molecule has 0 amide bonds. The van der Waals surface area contributed by atoms with Gasteiger partial charge in [0.15, 0.2) is 0 Å². The van der Waals surface area contributed by atoms with Gasteiger partial charge in [0, 0.05) is 12.5 Å². The number of hydrogen-bond acceptors (Lipinski definition) is 1. The maximum absolute atomic E-state index is 13.1. The number of rotatable bonds is 3. The predicted octanol–water partition coefficient (Wildman–Crippen LogP) is 2.66. The van der Waals surface area contributed by atoms with Gasteiger partial charge in [0.25, 0.3) is 0 Å². The molecule has 14 heavy (non-hydrogen) atoms. The van der Waals surface area contributed by atoms with E-state index in [0.29, 0.717) is 12.0 Å². The maximum Gasteiger partial charge on any atom is 0.134 e. The number of halogens is 2. The Hall–Kier alpha value is -1.25. The number of aryl methyl sites for hydroxylation is 1. The summed E-state index contributed by atoms with van der Waals surface area (Å²) in [5.74, 6) is -1.32. The summed E-state index contributed by atoms with van der Waals surface area (Å²) < 4.78 is 26.2. The molecule has 1 aromatic rings. The Bertz CT molecular complexity index is 359. The van der Waals surface area contributed by atoms with Crippen LogP contribution in [0.5, 0.6) is 0 Å². The zero-order valence-corrected chi connectivity index (χ0v) is 8.23. The van der Waals surface area contributed by atoms with Crippen LogP contribution in [0.2, 0.25) is 0 Å². The molecule has 0 aliphatic heterocycles. The first-order valence-corrected chi connectivity index (χ1v) is 4.50. The lowest BCUT2D eigenvalue weighted by Crippen LogP contribution is -2.02. The molecule has 0 aliphatic carbocycles. The molecule has 0 aromatic heterocycles. The van der Waals surface area contributed by atoms with Gasteiger partial charge in [0.2, 0.25) is 0 Å². The smallest absolute Gasteiger partial charge is 0.134 e. The van der Waals surface area contributed by atoms with Gasteiger partial charge in [-0.3, -0.25) is 4.79 Å². The number of benzene rings is 1. The molecular formula is C11H12F2O. The lowest BCUT2D eigenvalue weighted by molar-refractivity contribution is -0.116. The minimum Gasteiger partial charge on any atom is -0.300 e. The zero-order valence-electron chi connectivity index (χ0n) is 8.23. The molecule has 0 heterocycles. The summed E-state index contributed by atoms with van der Waals surface area (Å²) in [5, 5.41) is 0. The Kier molecular flexibility index (Phi) is 3.33. The van der Waals surface area contributed by atoms with Gasteiger partial charge in [-0.25, -0.2) is 8.78 Å². The Balaban J connectivity index is 3.10. The summed E-state index contributed by atoms with van der Waals surface area (Å²) in [6, 6.07) is 2.27. The van der Waals surface area contributed by atoms with Crippen molar-refractivity contribution in [1.82, 2.24) is 0 Å². The standard InChI is InChI=1S/C11H12F2O/c1-3-8-5-9(4-7(2)14)11(13)6-10(8)12/h5-6H,3-4H2,1-2H3. The average molecular weight is 198 g/mol. The number of carbonyl (C=O) groups is 1. The van der Waals surface area contributed by atoms with Gasteiger partial charge in [-0.05, 0) is 30.5 Å². The Morgan fingerprint density at radius 3 is 2.29 bits per heavy atom. The van der Waals surface area contributed by atoms with Gasteiger partial charge in [-0.1, -0.05) is 6.92 Å². The van der Waals surface area contributed by atoms with Gasteiger partial charge >= 0.3 is 0 Å². The van der Waals surface area contributed by atoms with E-state index < -0.39 is 11.6 Å². The lowest BCUT2D eigenvalue weighted by Gasteiger charge is -2.05. The molecule has 0 unspecified atom stereocenters. The van der Waals surface area contributed by atoms with E-state index >= 15 is 0 Å². The molecule has 0 saturated carbocycles. The van der Waals surface area contributed by atoms with Crippen LogP contribution in [-0.2, 0) is 17.6 Å². The van der Waals surface area contributed by atoms with E-state index in [0.717, 1.165) is 6.07 Å². The molecule has 3 heteroatoms. The summed E-state index contributed by atoms with van der Waals surface area (Å²) in [4.78, 5) is 10.8. The SMILES string of the molecule is CCc1cc(CC(C)=O)c(F)cc1F. The molecular weight excluding hydrogens is 186 g/mol. The van der Waals surface area contributed by atoms with E-state index in [-0.39, 0.29) is 17.8 Å². The van der Waals surface area contributed by atoms with Crippen LogP contribution in [0.25, 0.3) is 0 Å². The topological polar surface area (TPSA) is 17.1 Å². The number of carbonyl (C=O) groups excluding carboxylic acids is 1. The molecule has 0 saturated heterocycles. The summed E-state index contributed by atoms with van der Waals surface area (Å²) in [6.45, 7) is 3.17. The quantitative estimate of drug-likeness (QED) is 0.729. The highest BCUT2D eigenvalue weighted by Crippen LogP contribution is 2.16. The van der Waals surface area contributed by atoms with Gasteiger partial charge in [0.05, 0.1) is 0 Å². The Morgan fingerprint density at radius 1 is 1.21 bits per heavy atom. The first kappa shape index (κ1) is 10.8. The minimum atomic E-state index is -0.644. The maximum atomic E-state index is 13.1. The largest absolute Gasteiger partial charge is 0.300 e. The molecule has 1 aromatic carbocycles. The molecule has 0 spiro atoms. The van der Waals surface area contributed by atoms with E-state index in [9.17, 15) is 13.6 Å². The van der Waals surface area contributed by atoms with Crippen molar-refractivity contribution < 1.29 is 13.6 Å². The third-order valence-electron chi connectivity index (χ3n) is 2.04. The van der Waals surface area contributed by atoms with E-state index in [2.05, 4.69) is 0 Å². The molecule has 0 fully saturated rings. The van der Waals surface area contributed by atoms with Crippen LogP contribution in [0.1, 0.15) is 25.0 Å². The van der Waals surface area contributed by atoms with E-state index in [1.54, 1.807) is 6.92 Å². The van der Waals surface area contributed by atoms with Crippen LogP contribution in [0.15, 0.2) is 12.1 Å². The van der Waals surface area contributed by atoms with Crippen molar-refractivity contribution in [2.24, 2.45) is 0 Å². The van der Waals surface area contributed by atoms with Crippen molar-refractivity contribution in [3.63, 3.8) is 0 Å². The van der Waals surface area contributed by atoms with E-state index in [1.165, 1.54) is 13.0 Å². The van der Waals surface area contributed by atoms with Crippen molar-refractivity contribution in [2.75, 3.05) is 0 Å². The highest BCUT2D eigenvalue weighted by molar-refractivity contribution is 5.78. The number of hydrogen-bond donors (Lipinski definition) is 0. The van der Waals surface area contributed by atoms with Gasteiger partial charge in [-0.15, -0.1) is 0 Å². The Morgan fingerprint density at radius 2 is 1.79 bits per heavy atom. The minimum absolute atomic E-state index is 0.0269. The Labute approximate surface area is 81.7 Å². The van der Waals surface area contributed by atoms with Crippen LogP contribution in [0.3, 0.4) is 0 Å². The second-order valence-electron chi connectivity index (χ2n) is 3.27.